The topological polar surface area (TPSA) is 96.4 Å². The Morgan fingerprint density at radius 2 is 1.89 bits per heavy atom. The van der Waals surface area contributed by atoms with Gasteiger partial charge in [-0.3, -0.25) is 14.6 Å². The fourth-order valence-corrected chi connectivity index (χ4v) is 4.68. The number of carbonyl (C=O) groups excluding carboxylic acids is 2. The molecule has 1 atom stereocenters. The van der Waals surface area contributed by atoms with Crippen LogP contribution < -0.4 is 5.32 Å². The van der Waals surface area contributed by atoms with Gasteiger partial charge >= 0.3 is 0 Å². The standard InChI is InChI=1S/C19H21N3O4S/c1-22(12-14-5-3-2-4-6-14)19(24)16-9-15(10-20-11-16)18(23)21-17-7-8-27(25,26)13-17/h2-6,9-11,17H,7-8,12-13H2,1H3,(H,21,23). The van der Waals surface area contributed by atoms with E-state index in [9.17, 15) is 18.0 Å². The van der Waals surface area contributed by atoms with Gasteiger partial charge < -0.3 is 10.2 Å². The number of nitrogens with one attached hydrogen (secondary N) is 1. The summed E-state index contributed by atoms with van der Waals surface area (Å²) in [5.74, 6) is -0.640. The Bertz CT molecular complexity index is 944. The van der Waals surface area contributed by atoms with E-state index < -0.39 is 21.8 Å². The molecule has 2 aromatic rings. The lowest BCUT2D eigenvalue weighted by atomic mass is 10.1. The van der Waals surface area contributed by atoms with Crippen molar-refractivity contribution in [2.45, 2.75) is 19.0 Å². The molecule has 7 nitrogen and oxygen atoms in total. The van der Waals surface area contributed by atoms with Crippen molar-refractivity contribution >= 4 is 21.7 Å². The summed E-state index contributed by atoms with van der Waals surface area (Å²) in [5, 5.41) is 2.70. The zero-order chi connectivity index (χ0) is 19.4. The molecule has 0 radical (unpaired) electrons. The van der Waals surface area contributed by atoms with E-state index in [0.29, 0.717) is 18.5 Å². The zero-order valence-corrected chi connectivity index (χ0v) is 15.8. The summed E-state index contributed by atoms with van der Waals surface area (Å²) < 4.78 is 23.0. The highest BCUT2D eigenvalue weighted by Gasteiger charge is 2.29. The Kier molecular flexibility index (Phi) is 5.55. The summed E-state index contributed by atoms with van der Waals surface area (Å²) in [6.07, 6.45) is 3.19. The first-order chi connectivity index (χ1) is 12.8. The van der Waals surface area contributed by atoms with Crippen LogP contribution in [0.1, 0.15) is 32.7 Å². The van der Waals surface area contributed by atoms with Gasteiger partial charge in [0.15, 0.2) is 9.84 Å². The second-order valence-electron chi connectivity index (χ2n) is 6.68. The molecule has 0 bridgehead atoms. The van der Waals surface area contributed by atoms with E-state index in [2.05, 4.69) is 10.3 Å². The first-order valence-electron chi connectivity index (χ1n) is 8.60. The van der Waals surface area contributed by atoms with Crippen LogP contribution in [0.3, 0.4) is 0 Å². The van der Waals surface area contributed by atoms with Crippen molar-refractivity contribution in [3.63, 3.8) is 0 Å². The van der Waals surface area contributed by atoms with Crippen molar-refractivity contribution in [3.8, 4) is 0 Å². The largest absolute Gasteiger partial charge is 0.348 e. The molecule has 1 fully saturated rings. The Labute approximate surface area is 158 Å². The highest BCUT2D eigenvalue weighted by molar-refractivity contribution is 7.91. The highest BCUT2D eigenvalue weighted by Crippen LogP contribution is 2.13. The second-order valence-corrected chi connectivity index (χ2v) is 8.91. The summed E-state index contributed by atoms with van der Waals surface area (Å²) in [6.45, 7) is 0.441. The fraction of sp³-hybridized carbons (Fsp3) is 0.316. The average Bonchev–Trinajstić information content (AvgIpc) is 3.00. The van der Waals surface area contributed by atoms with Gasteiger partial charge in [0.2, 0.25) is 0 Å². The van der Waals surface area contributed by atoms with Gasteiger partial charge in [-0.25, -0.2) is 8.42 Å². The molecule has 27 heavy (non-hydrogen) atoms. The van der Waals surface area contributed by atoms with Crippen molar-refractivity contribution in [1.29, 1.82) is 0 Å². The molecule has 1 unspecified atom stereocenters. The predicted octanol–water partition coefficient (Wildman–Crippen LogP) is 1.27. The van der Waals surface area contributed by atoms with Gasteiger partial charge in [-0.1, -0.05) is 30.3 Å². The first kappa shape index (κ1) is 19.0. The van der Waals surface area contributed by atoms with E-state index >= 15 is 0 Å². The molecule has 1 aromatic carbocycles. The van der Waals surface area contributed by atoms with Crippen molar-refractivity contribution in [2.75, 3.05) is 18.6 Å². The van der Waals surface area contributed by atoms with Crippen LogP contribution in [-0.2, 0) is 16.4 Å². The summed E-state index contributed by atoms with van der Waals surface area (Å²) in [7, 11) is -1.39. The molecular weight excluding hydrogens is 366 g/mol. The molecule has 1 aliphatic heterocycles. The van der Waals surface area contributed by atoms with E-state index in [1.54, 1.807) is 11.9 Å². The second kappa shape index (κ2) is 7.87. The van der Waals surface area contributed by atoms with Gasteiger partial charge in [0.25, 0.3) is 11.8 Å². The van der Waals surface area contributed by atoms with Crippen LogP contribution in [0.15, 0.2) is 48.8 Å². The lowest BCUT2D eigenvalue weighted by Gasteiger charge is -2.17. The Morgan fingerprint density at radius 3 is 2.56 bits per heavy atom. The third-order valence-electron chi connectivity index (χ3n) is 4.42. The van der Waals surface area contributed by atoms with Crippen molar-refractivity contribution in [3.05, 3.63) is 65.5 Å². The van der Waals surface area contributed by atoms with Gasteiger partial charge in [0.1, 0.15) is 0 Å². The van der Waals surface area contributed by atoms with Crippen molar-refractivity contribution in [2.24, 2.45) is 0 Å². The molecule has 1 saturated heterocycles. The first-order valence-corrected chi connectivity index (χ1v) is 10.4. The van der Waals surface area contributed by atoms with Crippen LogP contribution in [0.4, 0.5) is 0 Å². The van der Waals surface area contributed by atoms with Gasteiger partial charge in [-0.05, 0) is 18.1 Å². The Morgan fingerprint density at radius 1 is 1.19 bits per heavy atom. The number of pyridine rings is 1. The van der Waals surface area contributed by atoms with E-state index in [1.807, 2.05) is 30.3 Å². The lowest BCUT2D eigenvalue weighted by Crippen LogP contribution is -2.35. The monoisotopic (exact) mass is 387 g/mol. The molecule has 1 aromatic heterocycles. The quantitative estimate of drug-likeness (QED) is 0.833. The minimum Gasteiger partial charge on any atom is -0.348 e. The van der Waals surface area contributed by atoms with E-state index in [4.69, 9.17) is 0 Å². The van der Waals surface area contributed by atoms with Crippen LogP contribution in [0, 0.1) is 0 Å². The third kappa shape index (κ3) is 4.91. The number of hydrogen-bond donors (Lipinski definition) is 1. The minimum atomic E-state index is -3.08. The third-order valence-corrected chi connectivity index (χ3v) is 6.19. The maximum absolute atomic E-state index is 12.6. The maximum atomic E-state index is 12.6. The van der Waals surface area contributed by atoms with E-state index in [1.165, 1.54) is 18.5 Å². The minimum absolute atomic E-state index is 0.0510. The van der Waals surface area contributed by atoms with Gasteiger partial charge in [-0.2, -0.15) is 0 Å². The molecule has 142 valence electrons. The van der Waals surface area contributed by atoms with E-state index in [-0.39, 0.29) is 23.0 Å². The summed E-state index contributed by atoms with van der Waals surface area (Å²) in [5.41, 5.74) is 1.54. The Hall–Kier alpha value is -2.74. The van der Waals surface area contributed by atoms with Crippen LogP contribution in [-0.4, -0.2) is 54.7 Å². The van der Waals surface area contributed by atoms with Crippen molar-refractivity contribution in [1.82, 2.24) is 15.2 Å². The molecule has 2 amide bonds. The summed E-state index contributed by atoms with van der Waals surface area (Å²) >= 11 is 0. The lowest BCUT2D eigenvalue weighted by molar-refractivity contribution is 0.0784. The smallest absolute Gasteiger partial charge is 0.255 e. The molecule has 8 heteroatoms. The van der Waals surface area contributed by atoms with Crippen LogP contribution in [0.2, 0.25) is 0 Å². The molecular formula is C19H21N3O4S. The number of aromatic nitrogens is 1. The molecule has 0 saturated carbocycles. The number of amides is 2. The van der Waals surface area contributed by atoms with Crippen molar-refractivity contribution < 1.29 is 18.0 Å². The molecule has 3 rings (SSSR count). The molecule has 2 heterocycles. The van der Waals surface area contributed by atoms with Gasteiger partial charge in [-0.15, -0.1) is 0 Å². The number of hydrogen-bond acceptors (Lipinski definition) is 5. The fourth-order valence-electron chi connectivity index (χ4n) is 3.01. The number of sulfone groups is 1. The zero-order valence-electron chi connectivity index (χ0n) is 15.0. The number of nitrogens with zero attached hydrogens (tertiary/aromatic N) is 2. The number of benzene rings is 1. The van der Waals surface area contributed by atoms with Crippen LogP contribution in [0.5, 0.6) is 0 Å². The van der Waals surface area contributed by atoms with Crippen LogP contribution in [0.25, 0.3) is 0 Å². The molecule has 0 spiro atoms. The SMILES string of the molecule is CN(Cc1ccccc1)C(=O)c1cncc(C(=O)NC2CCS(=O)(=O)C2)c1. The Balaban J connectivity index is 1.67. The average molecular weight is 387 g/mol. The number of rotatable bonds is 5. The van der Waals surface area contributed by atoms with Crippen LogP contribution >= 0.6 is 0 Å². The molecule has 1 N–H and O–H groups in total. The number of carbonyl (C=O) groups is 2. The highest BCUT2D eigenvalue weighted by atomic mass is 32.2. The normalized spacial score (nSPS) is 18.0. The molecule has 1 aliphatic rings. The predicted molar refractivity (Wildman–Crippen MR) is 101 cm³/mol. The van der Waals surface area contributed by atoms with E-state index in [0.717, 1.165) is 5.56 Å². The maximum Gasteiger partial charge on any atom is 0.255 e. The molecule has 0 aliphatic carbocycles. The van der Waals surface area contributed by atoms with Gasteiger partial charge in [0.05, 0.1) is 22.6 Å². The summed E-state index contributed by atoms with van der Waals surface area (Å²) in [6, 6.07) is 10.7. The van der Waals surface area contributed by atoms with Gasteiger partial charge in [0, 0.05) is 32.0 Å². The summed E-state index contributed by atoms with van der Waals surface area (Å²) in [4.78, 5) is 30.6.